The van der Waals surface area contributed by atoms with Crippen LogP contribution in [-0.2, 0) is 17.4 Å². The first-order valence-electron chi connectivity index (χ1n) is 10.1. The molecule has 4 aromatic rings. The van der Waals surface area contributed by atoms with Gasteiger partial charge in [-0.1, -0.05) is 0 Å². The van der Waals surface area contributed by atoms with E-state index in [1.54, 1.807) is 41.6 Å². The summed E-state index contributed by atoms with van der Waals surface area (Å²) in [5, 5.41) is 20.1. The van der Waals surface area contributed by atoms with Crippen molar-refractivity contribution >= 4 is 29.0 Å². The van der Waals surface area contributed by atoms with E-state index in [9.17, 15) is 18.7 Å². The molecule has 4 aromatic heterocycles. The van der Waals surface area contributed by atoms with Crippen LogP contribution in [0, 0.1) is 0 Å². The number of carbonyl (C=O) groups is 1. The maximum Gasteiger partial charge on any atom is 0.306 e. The zero-order valence-corrected chi connectivity index (χ0v) is 18.8. The van der Waals surface area contributed by atoms with E-state index < -0.39 is 24.0 Å². The number of aliphatic hydroxyl groups is 1. The fourth-order valence-electron chi connectivity index (χ4n) is 3.69. The molecule has 0 unspecified atom stereocenters. The number of carbonyl (C=O) groups excluding carboxylic acids is 1. The lowest BCUT2D eigenvalue weighted by Crippen LogP contribution is -2.47. The third-order valence-electron chi connectivity index (χ3n) is 5.39. The van der Waals surface area contributed by atoms with Crippen molar-refractivity contribution in [3.05, 3.63) is 53.8 Å². The Hall–Kier alpha value is -3.84. The minimum Gasteiger partial charge on any atom is -0.371 e. The molecule has 5 rings (SSSR count). The van der Waals surface area contributed by atoms with Crippen LogP contribution in [0.25, 0.3) is 22.1 Å². The number of rotatable bonds is 5. The van der Waals surface area contributed by atoms with E-state index in [1.807, 2.05) is 0 Å². The molecule has 34 heavy (non-hydrogen) atoms. The highest BCUT2D eigenvalue weighted by molar-refractivity contribution is 7.13. The minimum absolute atomic E-state index is 0.238. The van der Waals surface area contributed by atoms with E-state index in [2.05, 4.69) is 30.4 Å². The third kappa shape index (κ3) is 3.58. The lowest BCUT2D eigenvalue weighted by Gasteiger charge is -2.26. The van der Waals surface area contributed by atoms with Gasteiger partial charge in [-0.2, -0.15) is 5.10 Å². The maximum absolute atomic E-state index is 14.6. The van der Waals surface area contributed by atoms with Crippen molar-refractivity contribution in [1.29, 1.82) is 0 Å². The van der Waals surface area contributed by atoms with E-state index in [0.29, 0.717) is 28.2 Å². The van der Waals surface area contributed by atoms with Crippen LogP contribution in [0.4, 0.5) is 20.5 Å². The number of anilines is 2. The molecule has 0 aliphatic carbocycles. The first-order valence-corrected chi connectivity index (χ1v) is 10.9. The van der Waals surface area contributed by atoms with Crippen molar-refractivity contribution in [3.63, 3.8) is 0 Å². The van der Waals surface area contributed by atoms with Gasteiger partial charge in [0.2, 0.25) is 11.5 Å². The number of thiazole rings is 1. The molecule has 0 spiro atoms. The van der Waals surface area contributed by atoms with E-state index in [-0.39, 0.29) is 11.3 Å². The zero-order valence-electron chi connectivity index (χ0n) is 18.0. The van der Waals surface area contributed by atoms with Gasteiger partial charge in [0.25, 0.3) is 5.91 Å². The molecule has 2 N–H and O–H groups in total. The number of aryl methyl sites for hydroxylation is 1. The lowest BCUT2D eigenvalue weighted by atomic mass is 9.89. The Bertz CT molecular complexity index is 1390. The molecule has 5 heterocycles. The molecule has 1 aliphatic heterocycles. The number of likely N-dealkylation sites (N-methyl/N-ethyl adjacent to an activating group) is 1. The molecule has 174 valence electrons. The summed E-state index contributed by atoms with van der Waals surface area (Å²) >= 11 is 1.23. The van der Waals surface area contributed by atoms with Crippen LogP contribution in [-0.4, -0.2) is 65.1 Å². The number of hydrogen-bond donors (Lipinski definition) is 2. The molecule has 13 heteroatoms. The fourth-order valence-corrected chi connectivity index (χ4v) is 4.47. The standard InChI is InChI=1S/C21H18F2N8O2S/c1-30-11-20(22,23)21(33,18(30)32)12-3-6-24-14(9-12)17-26-15(10-34-17)13-4-7-25-19(27-13)28-16-5-8-31(2)29-16/h3-10,33H,11H2,1-2H3,(H,25,27,28,29)/t21-/m0/s1. The number of likely N-dealkylation sites (tertiary alicyclic amines) is 1. The summed E-state index contributed by atoms with van der Waals surface area (Å²) in [5.74, 6) is -3.80. The highest BCUT2D eigenvalue weighted by atomic mass is 32.1. The average Bonchev–Trinajstić information content (AvgIpc) is 3.50. The molecule has 0 bridgehead atoms. The van der Waals surface area contributed by atoms with Crippen molar-refractivity contribution in [1.82, 2.24) is 34.6 Å². The normalized spacial score (nSPS) is 19.6. The molecule has 1 saturated heterocycles. The number of hydrogen-bond acceptors (Lipinski definition) is 9. The number of nitrogens with one attached hydrogen (secondary N) is 1. The number of pyridine rings is 1. The summed E-state index contributed by atoms with van der Waals surface area (Å²) < 4.78 is 30.8. The van der Waals surface area contributed by atoms with E-state index in [1.165, 1.54) is 36.7 Å². The number of amides is 1. The van der Waals surface area contributed by atoms with E-state index in [4.69, 9.17) is 0 Å². The predicted molar refractivity (Wildman–Crippen MR) is 119 cm³/mol. The Balaban J connectivity index is 1.44. The largest absolute Gasteiger partial charge is 0.371 e. The number of nitrogens with zero attached hydrogens (tertiary/aromatic N) is 7. The summed E-state index contributed by atoms with van der Waals surface area (Å²) in [5.41, 5.74) is -1.89. The van der Waals surface area contributed by atoms with Crippen LogP contribution >= 0.6 is 11.3 Å². The van der Waals surface area contributed by atoms with Gasteiger partial charge >= 0.3 is 5.92 Å². The molecule has 1 atom stereocenters. The molecule has 0 aromatic carbocycles. The monoisotopic (exact) mass is 484 g/mol. The maximum atomic E-state index is 14.6. The topological polar surface area (TPSA) is 122 Å². The molecule has 0 saturated carbocycles. The van der Waals surface area contributed by atoms with Crippen molar-refractivity contribution in [2.45, 2.75) is 11.5 Å². The Morgan fingerprint density at radius 3 is 2.59 bits per heavy atom. The van der Waals surface area contributed by atoms with Crippen molar-refractivity contribution in [2.24, 2.45) is 7.05 Å². The first kappa shape index (κ1) is 22.0. The molecule has 10 nitrogen and oxygen atoms in total. The highest BCUT2D eigenvalue weighted by Gasteiger charge is 2.66. The number of halogens is 2. The number of aromatic nitrogens is 6. The molecular weight excluding hydrogens is 466 g/mol. The summed E-state index contributed by atoms with van der Waals surface area (Å²) in [4.78, 5) is 30.5. The Morgan fingerprint density at radius 1 is 1.09 bits per heavy atom. The van der Waals surface area contributed by atoms with Crippen LogP contribution in [0.5, 0.6) is 0 Å². The second-order valence-corrected chi connectivity index (χ2v) is 8.67. The van der Waals surface area contributed by atoms with Crippen molar-refractivity contribution in [3.8, 4) is 22.1 Å². The van der Waals surface area contributed by atoms with Crippen LogP contribution in [0.15, 0.2) is 48.2 Å². The third-order valence-corrected chi connectivity index (χ3v) is 6.26. The van der Waals surface area contributed by atoms with Crippen LogP contribution in [0.3, 0.4) is 0 Å². The predicted octanol–water partition coefficient (Wildman–Crippen LogP) is 2.43. The van der Waals surface area contributed by atoms with Crippen LogP contribution in [0.1, 0.15) is 5.56 Å². The number of alkyl halides is 2. The first-order chi connectivity index (χ1) is 16.2. The Labute approximate surface area is 196 Å². The second-order valence-electron chi connectivity index (χ2n) is 7.81. The van der Waals surface area contributed by atoms with Gasteiger partial charge in [0.1, 0.15) is 10.7 Å². The van der Waals surface area contributed by atoms with Gasteiger partial charge in [0.15, 0.2) is 5.82 Å². The van der Waals surface area contributed by atoms with E-state index in [0.717, 1.165) is 4.90 Å². The summed E-state index contributed by atoms with van der Waals surface area (Å²) in [6, 6.07) is 5.94. The molecule has 1 amide bonds. The van der Waals surface area contributed by atoms with Gasteiger partial charge in [0.05, 0.1) is 17.9 Å². The molecule has 0 radical (unpaired) electrons. The van der Waals surface area contributed by atoms with Gasteiger partial charge in [-0.05, 0) is 18.2 Å². The van der Waals surface area contributed by atoms with Crippen LogP contribution < -0.4 is 5.32 Å². The quantitative estimate of drug-likeness (QED) is 0.443. The van der Waals surface area contributed by atoms with Crippen LogP contribution in [0.2, 0.25) is 0 Å². The minimum atomic E-state index is -3.65. The van der Waals surface area contributed by atoms with Crippen molar-refractivity contribution in [2.75, 3.05) is 18.9 Å². The average molecular weight is 484 g/mol. The summed E-state index contributed by atoms with van der Waals surface area (Å²) in [6.45, 7) is -0.871. The van der Waals surface area contributed by atoms with E-state index >= 15 is 0 Å². The summed E-state index contributed by atoms with van der Waals surface area (Å²) in [7, 11) is 3.02. The summed E-state index contributed by atoms with van der Waals surface area (Å²) in [6.07, 6.45) is 4.62. The zero-order chi connectivity index (χ0) is 24.1. The Morgan fingerprint density at radius 2 is 1.88 bits per heavy atom. The van der Waals surface area contributed by atoms with Gasteiger partial charge in [0, 0.05) is 49.7 Å². The Kier molecular flexibility index (Phi) is 5.10. The molecule has 1 fully saturated rings. The smallest absolute Gasteiger partial charge is 0.306 e. The van der Waals surface area contributed by atoms with Gasteiger partial charge in [-0.3, -0.25) is 14.5 Å². The molecular formula is C21H18F2N8O2S. The SMILES string of the molecule is CN1CC(F)(F)[C@](O)(c2ccnc(-c3nc(-c4ccnc(Nc5ccn(C)n5)n4)cs3)c2)C1=O. The van der Waals surface area contributed by atoms with Gasteiger partial charge in [-0.15, -0.1) is 11.3 Å². The fraction of sp³-hybridized carbons (Fsp3) is 0.238. The van der Waals surface area contributed by atoms with Gasteiger partial charge in [-0.25, -0.2) is 23.7 Å². The molecule has 1 aliphatic rings. The lowest BCUT2D eigenvalue weighted by molar-refractivity contribution is -0.173. The van der Waals surface area contributed by atoms with Gasteiger partial charge < -0.3 is 15.3 Å². The second kappa shape index (κ2) is 7.88. The van der Waals surface area contributed by atoms with Crippen molar-refractivity contribution < 1.29 is 18.7 Å². The highest BCUT2D eigenvalue weighted by Crippen LogP contribution is 2.45.